The molecule has 0 bridgehead atoms. The van der Waals surface area contributed by atoms with Crippen LogP contribution in [-0.4, -0.2) is 42.7 Å². The molecule has 1 aliphatic heterocycles. The summed E-state index contributed by atoms with van der Waals surface area (Å²) in [6.45, 7) is 3.31. The number of aromatic carboxylic acids is 1. The van der Waals surface area contributed by atoms with Crippen LogP contribution < -0.4 is 4.90 Å². The first-order valence-electron chi connectivity index (χ1n) is 8.48. The highest BCUT2D eigenvalue weighted by atomic mass is 16.4. The quantitative estimate of drug-likeness (QED) is 0.881. The number of nitrogens with zero attached hydrogens (tertiary/aromatic N) is 2. The zero-order valence-electron chi connectivity index (χ0n) is 14.1. The summed E-state index contributed by atoms with van der Waals surface area (Å²) < 4.78 is 0. The van der Waals surface area contributed by atoms with E-state index in [9.17, 15) is 4.79 Å². The zero-order chi connectivity index (χ0) is 16.9. The number of hydrogen-bond acceptors (Lipinski definition) is 3. The monoisotopic (exact) mass is 324 g/mol. The van der Waals surface area contributed by atoms with Gasteiger partial charge in [-0.2, -0.15) is 0 Å². The second kappa shape index (κ2) is 7.49. The Labute approximate surface area is 143 Å². The molecule has 126 valence electrons. The van der Waals surface area contributed by atoms with Crippen molar-refractivity contribution in [2.45, 2.75) is 18.9 Å². The lowest BCUT2D eigenvalue weighted by Crippen LogP contribution is -2.35. The highest BCUT2D eigenvalue weighted by molar-refractivity contribution is 5.88. The van der Waals surface area contributed by atoms with E-state index >= 15 is 0 Å². The number of rotatable bonds is 6. The molecule has 0 aliphatic carbocycles. The first-order valence-corrected chi connectivity index (χ1v) is 8.48. The van der Waals surface area contributed by atoms with Gasteiger partial charge in [0.05, 0.1) is 11.6 Å². The van der Waals surface area contributed by atoms with Crippen LogP contribution in [0.3, 0.4) is 0 Å². The van der Waals surface area contributed by atoms with Crippen LogP contribution in [0.25, 0.3) is 0 Å². The second-order valence-electron chi connectivity index (χ2n) is 6.40. The van der Waals surface area contributed by atoms with E-state index in [-0.39, 0.29) is 6.04 Å². The molecule has 1 heterocycles. The molecule has 4 heteroatoms. The summed E-state index contributed by atoms with van der Waals surface area (Å²) in [4.78, 5) is 15.8. The maximum absolute atomic E-state index is 11.0. The van der Waals surface area contributed by atoms with Crippen LogP contribution in [0.4, 0.5) is 5.69 Å². The molecule has 3 rings (SSSR count). The van der Waals surface area contributed by atoms with Gasteiger partial charge in [0.25, 0.3) is 0 Å². The van der Waals surface area contributed by atoms with E-state index in [1.165, 1.54) is 18.4 Å². The van der Waals surface area contributed by atoms with Crippen molar-refractivity contribution < 1.29 is 9.90 Å². The fourth-order valence-corrected chi connectivity index (χ4v) is 3.36. The molecule has 4 nitrogen and oxygen atoms in total. The van der Waals surface area contributed by atoms with Crippen molar-refractivity contribution in [2.75, 3.05) is 31.6 Å². The van der Waals surface area contributed by atoms with Crippen molar-refractivity contribution in [1.29, 1.82) is 0 Å². The molecule has 2 aromatic carbocycles. The van der Waals surface area contributed by atoms with Crippen molar-refractivity contribution in [3.8, 4) is 0 Å². The Morgan fingerprint density at radius 1 is 1.08 bits per heavy atom. The van der Waals surface area contributed by atoms with Gasteiger partial charge < -0.3 is 14.9 Å². The van der Waals surface area contributed by atoms with E-state index in [0.717, 1.165) is 25.3 Å². The third kappa shape index (κ3) is 3.77. The third-order valence-corrected chi connectivity index (χ3v) is 4.80. The minimum atomic E-state index is -0.888. The maximum Gasteiger partial charge on any atom is 0.335 e. The molecule has 1 saturated heterocycles. The highest BCUT2D eigenvalue weighted by Crippen LogP contribution is 2.28. The van der Waals surface area contributed by atoms with Crippen molar-refractivity contribution in [3.63, 3.8) is 0 Å². The topological polar surface area (TPSA) is 43.8 Å². The molecule has 0 amide bonds. The van der Waals surface area contributed by atoms with Gasteiger partial charge in [-0.25, -0.2) is 4.79 Å². The van der Waals surface area contributed by atoms with E-state index < -0.39 is 5.97 Å². The van der Waals surface area contributed by atoms with Gasteiger partial charge >= 0.3 is 5.97 Å². The fraction of sp³-hybridized carbons (Fsp3) is 0.350. The number of likely N-dealkylation sites (tertiary alicyclic amines) is 1. The Bertz CT molecular complexity index is 664. The van der Waals surface area contributed by atoms with Crippen molar-refractivity contribution in [1.82, 2.24) is 4.90 Å². The molecule has 0 radical (unpaired) electrons. The Hall–Kier alpha value is -2.33. The van der Waals surface area contributed by atoms with Gasteiger partial charge in [0.15, 0.2) is 0 Å². The normalized spacial score (nSPS) is 16.0. The predicted molar refractivity (Wildman–Crippen MR) is 96.7 cm³/mol. The summed E-state index contributed by atoms with van der Waals surface area (Å²) in [5, 5.41) is 9.07. The van der Waals surface area contributed by atoms with Crippen LogP contribution >= 0.6 is 0 Å². The summed E-state index contributed by atoms with van der Waals surface area (Å²) in [5.41, 5.74) is 2.64. The summed E-state index contributed by atoms with van der Waals surface area (Å²) in [5.74, 6) is -0.888. The highest BCUT2D eigenvalue weighted by Gasteiger charge is 2.22. The first kappa shape index (κ1) is 16.5. The van der Waals surface area contributed by atoms with Gasteiger partial charge in [-0.05, 0) is 55.8 Å². The molecular weight excluding hydrogens is 300 g/mol. The molecule has 1 aliphatic rings. The summed E-state index contributed by atoms with van der Waals surface area (Å²) in [6, 6.07) is 17.9. The lowest BCUT2D eigenvalue weighted by Gasteiger charge is -2.33. The largest absolute Gasteiger partial charge is 0.478 e. The first-order chi connectivity index (χ1) is 11.6. The van der Waals surface area contributed by atoms with Crippen LogP contribution in [0, 0.1) is 0 Å². The zero-order valence-corrected chi connectivity index (χ0v) is 14.1. The second-order valence-corrected chi connectivity index (χ2v) is 6.40. The molecule has 1 atom stereocenters. The van der Waals surface area contributed by atoms with Gasteiger partial charge in [-0.3, -0.25) is 0 Å². The third-order valence-electron chi connectivity index (χ3n) is 4.80. The van der Waals surface area contributed by atoms with Gasteiger partial charge in [-0.1, -0.05) is 30.3 Å². The Balaban J connectivity index is 1.84. The lowest BCUT2D eigenvalue weighted by molar-refractivity contribution is 0.0697. The number of carboxylic acid groups (broad SMARTS) is 1. The SMILES string of the molecule is CN(c1ccc(C(=O)O)cc1)C(CN1CCCC1)c1ccccc1. The summed E-state index contributed by atoms with van der Waals surface area (Å²) >= 11 is 0. The number of hydrogen-bond donors (Lipinski definition) is 1. The van der Waals surface area contributed by atoms with Gasteiger partial charge in [0, 0.05) is 19.3 Å². The molecule has 0 aromatic heterocycles. The Kier molecular flexibility index (Phi) is 5.16. The average Bonchev–Trinajstić information content (AvgIpc) is 3.13. The van der Waals surface area contributed by atoms with E-state index in [0.29, 0.717) is 5.56 Å². The summed E-state index contributed by atoms with van der Waals surface area (Å²) in [6.07, 6.45) is 2.55. The Morgan fingerprint density at radius 2 is 1.71 bits per heavy atom. The van der Waals surface area contributed by atoms with Crippen molar-refractivity contribution in [2.24, 2.45) is 0 Å². The maximum atomic E-state index is 11.0. The van der Waals surface area contributed by atoms with E-state index in [1.54, 1.807) is 12.1 Å². The fourth-order valence-electron chi connectivity index (χ4n) is 3.36. The average molecular weight is 324 g/mol. The Morgan fingerprint density at radius 3 is 2.29 bits per heavy atom. The molecule has 1 unspecified atom stereocenters. The van der Waals surface area contributed by atoms with E-state index in [1.807, 2.05) is 18.2 Å². The number of likely N-dealkylation sites (N-methyl/N-ethyl adjacent to an activating group) is 1. The van der Waals surface area contributed by atoms with Gasteiger partial charge in [0.2, 0.25) is 0 Å². The standard InChI is InChI=1S/C20H24N2O2/c1-21(18-11-9-17(10-12-18)20(23)24)19(15-22-13-5-6-14-22)16-7-3-2-4-8-16/h2-4,7-12,19H,5-6,13-15H2,1H3,(H,23,24). The molecule has 0 saturated carbocycles. The van der Waals surface area contributed by atoms with Crippen LogP contribution in [0.15, 0.2) is 54.6 Å². The molecule has 0 spiro atoms. The lowest BCUT2D eigenvalue weighted by atomic mass is 10.0. The van der Waals surface area contributed by atoms with Crippen LogP contribution in [0.5, 0.6) is 0 Å². The van der Waals surface area contributed by atoms with Crippen molar-refractivity contribution >= 4 is 11.7 Å². The van der Waals surface area contributed by atoms with E-state index in [4.69, 9.17) is 5.11 Å². The molecule has 1 fully saturated rings. The minimum absolute atomic E-state index is 0.250. The number of carbonyl (C=O) groups is 1. The smallest absolute Gasteiger partial charge is 0.335 e. The van der Waals surface area contributed by atoms with Crippen LogP contribution in [-0.2, 0) is 0 Å². The molecular formula is C20H24N2O2. The van der Waals surface area contributed by atoms with Crippen molar-refractivity contribution in [3.05, 3.63) is 65.7 Å². The minimum Gasteiger partial charge on any atom is -0.478 e. The molecule has 1 N–H and O–H groups in total. The number of benzene rings is 2. The van der Waals surface area contributed by atoms with E-state index in [2.05, 4.69) is 41.1 Å². The van der Waals surface area contributed by atoms with Crippen LogP contribution in [0.1, 0.15) is 34.8 Å². The van der Waals surface area contributed by atoms with Crippen LogP contribution in [0.2, 0.25) is 0 Å². The van der Waals surface area contributed by atoms with Gasteiger partial charge in [0.1, 0.15) is 0 Å². The predicted octanol–water partition coefficient (Wildman–Crippen LogP) is 3.66. The van der Waals surface area contributed by atoms with Gasteiger partial charge in [-0.15, -0.1) is 0 Å². The molecule has 24 heavy (non-hydrogen) atoms. The number of carboxylic acids is 1. The number of anilines is 1. The summed E-state index contributed by atoms with van der Waals surface area (Å²) in [7, 11) is 2.09. The molecule has 2 aromatic rings.